The molecule has 0 aliphatic carbocycles. The number of hydrogen-bond donors (Lipinski definition) is 1. The number of anilines is 2. The van der Waals surface area contributed by atoms with Gasteiger partial charge in [-0.3, -0.25) is 0 Å². The average molecular weight is 330 g/mol. The Morgan fingerprint density at radius 1 is 0.875 bits per heavy atom. The summed E-state index contributed by atoms with van der Waals surface area (Å²) in [6, 6.07) is 12.0. The molecule has 4 rings (SSSR count). The number of para-hydroxylation sites is 1. The molecule has 2 aromatic rings. The first-order chi connectivity index (χ1) is 11.4. The molecule has 0 fully saturated rings. The van der Waals surface area contributed by atoms with E-state index in [1.54, 1.807) is 11.1 Å². The van der Waals surface area contributed by atoms with Crippen LogP contribution in [0, 0.1) is 0 Å². The van der Waals surface area contributed by atoms with Crippen LogP contribution in [0.15, 0.2) is 66.2 Å². The maximum Gasteiger partial charge on any atom is 0.416 e. The van der Waals surface area contributed by atoms with Gasteiger partial charge in [0.2, 0.25) is 5.88 Å². The third kappa shape index (κ3) is 2.21. The SMILES string of the molecule is OC1=C2C=Cc3ccccc3N2[N]N1c1ccc(C(F)(F)F)cc1. The molecule has 0 aromatic heterocycles. The minimum Gasteiger partial charge on any atom is -0.492 e. The summed E-state index contributed by atoms with van der Waals surface area (Å²) in [5.74, 6) is -0.138. The van der Waals surface area contributed by atoms with Crippen molar-refractivity contribution in [2.45, 2.75) is 6.18 Å². The minimum atomic E-state index is -4.40. The van der Waals surface area contributed by atoms with Crippen molar-refractivity contribution in [3.05, 3.63) is 77.3 Å². The van der Waals surface area contributed by atoms with Gasteiger partial charge in [0, 0.05) is 0 Å². The number of rotatable bonds is 1. The first-order valence-electron chi connectivity index (χ1n) is 7.14. The number of alkyl halides is 3. The lowest BCUT2D eigenvalue weighted by Crippen LogP contribution is -2.35. The van der Waals surface area contributed by atoms with E-state index in [4.69, 9.17) is 0 Å². The predicted molar refractivity (Wildman–Crippen MR) is 83.7 cm³/mol. The van der Waals surface area contributed by atoms with Crippen LogP contribution in [0.3, 0.4) is 0 Å². The third-order valence-corrected chi connectivity index (χ3v) is 3.86. The maximum atomic E-state index is 12.7. The van der Waals surface area contributed by atoms with Gasteiger partial charge >= 0.3 is 6.18 Å². The Balaban J connectivity index is 1.69. The molecule has 0 bridgehead atoms. The highest BCUT2D eigenvalue weighted by Gasteiger charge is 2.35. The molecular weight excluding hydrogens is 319 g/mol. The van der Waals surface area contributed by atoms with Crippen LogP contribution in [0.25, 0.3) is 6.08 Å². The van der Waals surface area contributed by atoms with Crippen LogP contribution in [0.4, 0.5) is 24.5 Å². The van der Waals surface area contributed by atoms with Crippen LogP contribution < -0.4 is 15.6 Å². The number of aliphatic hydroxyl groups is 1. The second-order valence-electron chi connectivity index (χ2n) is 5.36. The molecule has 2 aliphatic rings. The molecule has 4 nitrogen and oxygen atoms in total. The number of benzene rings is 2. The van der Waals surface area contributed by atoms with Gasteiger partial charge in [0.15, 0.2) is 0 Å². The van der Waals surface area contributed by atoms with E-state index in [2.05, 4.69) is 5.53 Å². The zero-order chi connectivity index (χ0) is 16.9. The molecule has 2 aliphatic heterocycles. The number of fused-ring (bicyclic) bond motifs is 3. The standard InChI is InChI=1S/C17H11F3N3O/c18-17(19,20)12-6-8-13(9-7-12)22-16(24)15-10-5-11-3-1-2-4-14(11)23(15)21-22/h1-10,24H. The number of halogens is 3. The topological polar surface area (TPSA) is 40.8 Å². The molecule has 0 spiro atoms. The van der Waals surface area contributed by atoms with Crippen LogP contribution in [-0.4, -0.2) is 5.11 Å². The average Bonchev–Trinajstić information content (AvgIpc) is 2.92. The van der Waals surface area contributed by atoms with E-state index in [-0.39, 0.29) is 5.88 Å². The highest BCUT2D eigenvalue weighted by Crippen LogP contribution is 2.37. The Hall–Kier alpha value is -2.93. The van der Waals surface area contributed by atoms with Crippen molar-refractivity contribution in [3.8, 4) is 0 Å². The molecule has 0 saturated heterocycles. The second kappa shape index (κ2) is 5.04. The summed E-state index contributed by atoms with van der Waals surface area (Å²) in [5.41, 5.74) is 6.09. The third-order valence-electron chi connectivity index (χ3n) is 3.86. The van der Waals surface area contributed by atoms with E-state index < -0.39 is 11.7 Å². The molecule has 0 unspecified atom stereocenters. The Morgan fingerprint density at radius 2 is 1.58 bits per heavy atom. The van der Waals surface area contributed by atoms with Gasteiger partial charge in [-0.15, -0.1) is 0 Å². The molecule has 7 heteroatoms. The Kier molecular flexibility index (Phi) is 3.07. The zero-order valence-electron chi connectivity index (χ0n) is 12.2. The van der Waals surface area contributed by atoms with Gasteiger partial charge in [-0.2, -0.15) is 13.2 Å². The summed E-state index contributed by atoms with van der Waals surface area (Å²) in [4.78, 5) is 0. The van der Waals surface area contributed by atoms with Gasteiger partial charge in [0.1, 0.15) is 5.70 Å². The quantitative estimate of drug-likeness (QED) is 0.851. The van der Waals surface area contributed by atoms with Crippen molar-refractivity contribution in [1.29, 1.82) is 0 Å². The smallest absolute Gasteiger partial charge is 0.416 e. The fourth-order valence-electron chi connectivity index (χ4n) is 2.66. The van der Waals surface area contributed by atoms with Crippen LogP contribution in [0.2, 0.25) is 0 Å². The van der Waals surface area contributed by atoms with Gasteiger partial charge in [0.25, 0.3) is 0 Å². The maximum absolute atomic E-state index is 12.7. The largest absolute Gasteiger partial charge is 0.492 e. The lowest BCUT2D eigenvalue weighted by molar-refractivity contribution is -0.137. The molecule has 1 radical (unpaired) electrons. The Bertz CT molecular complexity index is 856. The van der Waals surface area contributed by atoms with E-state index >= 15 is 0 Å². The fourth-order valence-corrected chi connectivity index (χ4v) is 2.66. The van der Waals surface area contributed by atoms with E-state index in [9.17, 15) is 18.3 Å². The van der Waals surface area contributed by atoms with Gasteiger partial charge < -0.3 is 5.11 Å². The Morgan fingerprint density at radius 3 is 2.29 bits per heavy atom. The van der Waals surface area contributed by atoms with E-state index in [1.807, 2.05) is 30.3 Å². The summed E-state index contributed by atoms with van der Waals surface area (Å²) >= 11 is 0. The highest BCUT2D eigenvalue weighted by atomic mass is 19.4. The van der Waals surface area contributed by atoms with Gasteiger partial charge in [-0.05, 0) is 47.5 Å². The fraction of sp³-hybridized carbons (Fsp3) is 0.0588. The normalized spacial score (nSPS) is 16.5. The molecule has 0 saturated carbocycles. The summed E-state index contributed by atoms with van der Waals surface area (Å²) in [6.45, 7) is 0. The molecule has 0 atom stereocenters. The highest BCUT2D eigenvalue weighted by molar-refractivity contribution is 5.78. The summed E-state index contributed by atoms with van der Waals surface area (Å²) in [7, 11) is 0. The minimum absolute atomic E-state index is 0.138. The van der Waals surface area contributed by atoms with Crippen molar-refractivity contribution in [2.24, 2.45) is 0 Å². The monoisotopic (exact) mass is 330 g/mol. The Labute approximate surface area is 135 Å². The molecule has 0 amide bonds. The first kappa shape index (κ1) is 14.6. The predicted octanol–water partition coefficient (Wildman–Crippen LogP) is 4.22. The lowest BCUT2D eigenvalue weighted by Gasteiger charge is -2.24. The van der Waals surface area contributed by atoms with Crippen LogP contribution >= 0.6 is 0 Å². The van der Waals surface area contributed by atoms with Crippen molar-refractivity contribution < 1.29 is 18.3 Å². The van der Waals surface area contributed by atoms with Crippen LogP contribution in [0.5, 0.6) is 0 Å². The van der Waals surface area contributed by atoms with Crippen molar-refractivity contribution >= 4 is 17.5 Å². The zero-order valence-corrected chi connectivity index (χ0v) is 12.2. The van der Waals surface area contributed by atoms with Crippen molar-refractivity contribution in [3.63, 3.8) is 0 Å². The molecule has 2 heterocycles. The number of nitrogens with zero attached hydrogens (tertiary/aromatic N) is 3. The molecular formula is C17H11F3N3O. The molecule has 1 N–H and O–H groups in total. The second-order valence-corrected chi connectivity index (χ2v) is 5.36. The summed E-state index contributed by atoms with van der Waals surface area (Å²) < 4.78 is 38.0. The van der Waals surface area contributed by atoms with Crippen LogP contribution in [-0.2, 0) is 6.18 Å². The number of hydrogen-bond acceptors (Lipinski definition) is 3. The first-order valence-corrected chi connectivity index (χ1v) is 7.14. The number of aliphatic hydroxyl groups excluding tert-OH is 1. The van der Waals surface area contributed by atoms with E-state index in [0.717, 1.165) is 23.4 Å². The number of allylic oxidation sites excluding steroid dienone is 1. The summed E-state index contributed by atoms with van der Waals surface area (Å²) in [5, 5.41) is 13.2. The molecule has 24 heavy (non-hydrogen) atoms. The molecule has 2 aromatic carbocycles. The summed E-state index contributed by atoms with van der Waals surface area (Å²) in [6.07, 6.45) is -0.839. The van der Waals surface area contributed by atoms with Gasteiger partial charge in [-0.25, -0.2) is 10.0 Å². The van der Waals surface area contributed by atoms with E-state index in [0.29, 0.717) is 11.4 Å². The lowest BCUT2D eigenvalue weighted by atomic mass is 10.1. The van der Waals surface area contributed by atoms with Gasteiger partial charge in [0.05, 0.1) is 16.9 Å². The van der Waals surface area contributed by atoms with Crippen molar-refractivity contribution in [2.75, 3.05) is 10.0 Å². The van der Waals surface area contributed by atoms with Crippen molar-refractivity contribution in [1.82, 2.24) is 5.53 Å². The van der Waals surface area contributed by atoms with E-state index in [1.165, 1.54) is 17.1 Å². The molecule has 121 valence electrons. The van der Waals surface area contributed by atoms with Gasteiger partial charge in [-0.1, -0.05) is 24.3 Å². The van der Waals surface area contributed by atoms with Crippen LogP contribution in [0.1, 0.15) is 11.1 Å².